The summed E-state index contributed by atoms with van der Waals surface area (Å²) in [4.78, 5) is 55.9. The van der Waals surface area contributed by atoms with Crippen LogP contribution in [0, 0.1) is 0 Å². The van der Waals surface area contributed by atoms with E-state index in [9.17, 15) is 24.3 Å². The van der Waals surface area contributed by atoms with Crippen LogP contribution in [0.25, 0.3) is 11.2 Å². The summed E-state index contributed by atoms with van der Waals surface area (Å²) in [6.45, 7) is 0. The Kier molecular flexibility index (Phi) is 3.25. The molecule has 3 heterocycles. The number of nitrogens with zero attached hydrogens (tertiary/aromatic N) is 5. The van der Waals surface area contributed by atoms with Crippen molar-refractivity contribution in [3.8, 4) is 5.88 Å². The molecule has 0 fully saturated rings. The summed E-state index contributed by atoms with van der Waals surface area (Å²) in [5, 5.41) is 16.7. The smallest absolute Gasteiger partial charge is 0.329 e. The summed E-state index contributed by atoms with van der Waals surface area (Å²) in [6, 6.07) is 0. The van der Waals surface area contributed by atoms with Crippen LogP contribution in [-0.2, 0) is 14.1 Å². The fourth-order valence-electron chi connectivity index (χ4n) is 2.04. The lowest BCUT2D eigenvalue weighted by Gasteiger charge is -1.97. The zero-order valence-corrected chi connectivity index (χ0v) is 12.3. The number of H-pyrrole nitrogens is 3. The van der Waals surface area contributed by atoms with Crippen molar-refractivity contribution in [3.05, 3.63) is 41.7 Å². The van der Waals surface area contributed by atoms with E-state index in [1.54, 1.807) is 0 Å². The lowest BCUT2D eigenvalue weighted by molar-refractivity contribution is 0.450. The van der Waals surface area contributed by atoms with Crippen LogP contribution >= 0.6 is 0 Å². The maximum absolute atomic E-state index is 11.9. The van der Waals surface area contributed by atoms with E-state index < -0.39 is 34.1 Å². The summed E-state index contributed by atoms with van der Waals surface area (Å²) in [7, 11) is 2.87. The van der Waals surface area contributed by atoms with Gasteiger partial charge >= 0.3 is 11.4 Å². The van der Waals surface area contributed by atoms with Gasteiger partial charge in [-0.05, 0) is 0 Å². The second-order valence-corrected chi connectivity index (χ2v) is 4.77. The summed E-state index contributed by atoms with van der Waals surface area (Å²) >= 11 is 0. The van der Waals surface area contributed by atoms with E-state index in [4.69, 9.17) is 0 Å². The van der Waals surface area contributed by atoms with Crippen molar-refractivity contribution in [1.82, 2.24) is 29.1 Å². The number of aromatic nitrogens is 6. The zero-order chi connectivity index (χ0) is 17.6. The number of imidazole rings is 1. The molecule has 24 heavy (non-hydrogen) atoms. The van der Waals surface area contributed by atoms with Gasteiger partial charge in [-0.2, -0.15) is 4.98 Å². The molecule has 3 aromatic heterocycles. The number of hydrogen-bond acceptors (Lipinski definition) is 8. The van der Waals surface area contributed by atoms with Gasteiger partial charge in [0, 0.05) is 14.1 Å². The maximum Gasteiger partial charge on any atom is 0.329 e. The molecule has 0 unspecified atom stereocenters. The first-order chi connectivity index (χ1) is 11.3. The number of azo groups is 1. The van der Waals surface area contributed by atoms with Crippen LogP contribution in [0.4, 0.5) is 11.6 Å². The first-order valence-electron chi connectivity index (χ1n) is 6.42. The predicted molar refractivity (Wildman–Crippen MR) is 80.1 cm³/mol. The van der Waals surface area contributed by atoms with Gasteiger partial charge in [0.15, 0.2) is 11.2 Å². The summed E-state index contributed by atoms with van der Waals surface area (Å²) in [5.74, 6) is -0.863. The summed E-state index contributed by atoms with van der Waals surface area (Å²) in [6.07, 6.45) is 0. The molecule has 3 rings (SSSR count). The van der Waals surface area contributed by atoms with E-state index >= 15 is 0 Å². The molecule has 0 spiro atoms. The topological polar surface area (TPSA) is 183 Å². The Labute approximate surface area is 130 Å². The summed E-state index contributed by atoms with van der Waals surface area (Å²) < 4.78 is 2.37. The molecule has 0 aliphatic carbocycles. The molecule has 0 saturated carbocycles. The molecule has 0 aliphatic heterocycles. The third-order valence-electron chi connectivity index (χ3n) is 3.25. The predicted octanol–water partition coefficient (Wildman–Crippen LogP) is -1.54. The van der Waals surface area contributed by atoms with Crippen LogP contribution in [0.15, 0.2) is 29.4 Å². The van der Waals surface area contributed by atoms with Gasteiger partial charge in [-0.25, -0.2) is 9.59 Å². The lowest BCUT2D eigenvalue weighted by Crippen LogP contribution is -2.29. The van der Waals surface area contributed by atoms with Gasteiger partial charge in [-0.1, -0.05) is 0 Å². The van der Waals surface area contributed by atoms with E-state index in [1.165, 1.54) is 18.7 Å². The second kappa shape index (κ2) is 5.15. The van der Waals surface area contributed by atoms with Gasteiger partial charge in [-0.15, -0.1) is 10.2 Å². The van der Waals surface area contributed by atoms with Gasteiger partial charge in [-0.3, -0.25) is 29.1 Å². The minimum atomic E-state index is -0.955. The van der Waals surface area contributed by atoms with Crippen molar-refractivity contribution in [2.75, 3.05) is 0 Å². The highest BCUT2D eigenvalue weighted by molar-refractivity contribution is 5.73. The maximum atomic E-state index is 11.9. The Hall–Kier alpha value is -3.77. The third kappa shape index (κ3) is 2.23. The number of hydrogen-bond donors (Lipinski definition) is 4. The molecular weight excluding hydrogens is 324 g/mol. The van der Waals surface area contributed by atoms with Gasteiger partial charge in [0.1, 0.15) is 0 Å². The number of aromatic amines is 3. The van der Waals surface area contributed by atoms with Gasteiger partial charge in [0.25, 0.3) is 17.1 Å². The molecule has 0 bridgehead atoms. The van der Waals surface area contributed by atoms with Gasteiger partial charge in [0.05, 0.1) is 0 Å². The SMILES string of the molecule is Cn1c(N=Nc2c(O)[nH]c(=O)[nH]c2=O)nc2c1c(=O)[nH]c(=O)n2C. The van der Waals surface area contributed by atoms with E-state index in [0.717, 1.165) is 4.57 Å². The van der Waals surface area contributed by atoms with Crippen molar-refractivity contribution in [2.24, 2.45) is 24.3 Å². The average Bonchev–Trinajstić information content (AvgIpc) is 2.81. The average molecular weight is 334 g/mol. The molecular formula is C11H10N8O5. The van der Waals surface area contributed by atoms with Crippen molar-refractivity contribution < 1.29 is 5.11 Å². The molecule has 0 radical (unpaired) electrons. The van der Waals surface area contributed by atoms with Crippen LogP contribution in [-0.4, -0.2) is 34.2 Å². The zero-order valence-electron chi connectivity index (χ0n) is 12.3. The minimum absolute atomic E-state index is 0.0693. The highest BCUT2D eigenvalue weighted by Gasteiger charge is 2.15. The number of aromatic hydroxyl groups is 1. The molecule has 124 valence electrons. The Bertz CT molecular complexity index is 1220. The summed E-state index contributed by atoms with van der Waals surface area (Å²) in [5.41, 5.74) is -3.56. The monoisotopic (exact) mass is 334 g/mol. The molecule has 13 nitrogen and oxygen atoms in total. The van der Waals surface area contributed by atoms with Gasteiger partial charge < -0.3 is 9.67 Å². The second-order valence-electron chi connectivity index (χ2n) is 4.77. The minimum Gasteiger partial charge on any atom is -0.493 e. The standard InChI is InChI=1S/C11H10N8O5/c1-18-4-5(19(2)11(24)15-8(4)22)12-9(18)17-16-3-6(20)13-10(23)14-7(3)21/h1-2H3,(H,15,22,24)(H3,13,14,20,21,23). The normalized spacial score (nSPS) is 11.6. The highest BCUT2D eigenvalue weighted by Crippen LogP contribution is 2.21. The Morgan fingerprint density at radius 2 is 1.67 bits per heavy atom. The molecule has 0 aliphatic rings. The number of fused-ring (bicyclic) bond motifs is 1. The molecule has 0 saturated heterocycles. The Balaban J connectivity index is 2.21. The lowest BCUT2D eigenvalue weighted by atomic mass is 10.5. The number of nitrogens with one attached hydrogen (secondary N) is 3. The number of aryl methyl sites for hydroxylation is 2. The largest absolute Gasteiger partial charge is 0.493 e. The first-order valence-corrected chi connectivity index (χ1v) is 6.42. The van der Waals surface area contributed by atoms with Crippen LogP contribution in [0.1, 0.15) is 0 Å². The van der Waals surface area contributed by atoms with Crippen molar-refractivity contribution in [1.29, 1.82) is 0 Å². The Morgan fingerprint density at radius 1 is 0.958 bits per heavy atom. The number of rotatable bonds is 2. The van der Waals surface area contributed by atoms with E-state index in [-0.39, 0.29) is 17.1 Å². The quantitative estimate of drug-likeness (QED) is 0.411. The fourth-order valence-corrected chi connectivity index (χ4v) is 2.04. The van der Waals surface area contributed by atoms with E-state index in [0.29, 0.717) is 0 Å². The Morgan fingerprint density at radius 3 is 2.33 bits per heavy atom. The fraction of sp³-hybridized carbons (Fsp3) is 0.182. The van der Waals surface area contributed by atoms with Crippen LogP contribution < -0.4 is 22.5 Å². The molecule has 13 heteroatoms. The van der Waals surface area contributed by atoms with Crippen LogP contribution in [0.2, 0.25) is 0 Å². The van der Waals surface area contributed by atoms with Crippen molar-refractivity contribution in [3.63, 3.8) is 0 Å². The first kappa shape index (κ1) is 15.1. The molecule has 0 aromatic carbocycles. The molecule has 0 amide bonds. The third-order valence-corrected chi connectivity index (χ3v) is 3.25. The molecule has 4 N–H and O–H groups in total. The van der Waals surface area contributed by atoms with Crippen LogP contribution in [0.5, 0.6) is 5.88 Å². The highest BCUT2D eigenvalue weighted by atomic mass is 16.3. The van der Waals surface area contributed by atoms with Crippen molar-refractivity contribution in [2.45, 2.75) is 0 Å². The van der Waals surface area contributed by atoms with E-state index in [2.05, 4.69) is 20.2 Å². The van der Waals surface area contributed by atoms with E-state index in [1.807, 2.05) is 9.97 Å². The molecule has 0 atom stereocenters. The van der Waals surface area contributed by atoms with Crippen molar-refractivity contribution >= 4 is 22.8 Å². The van der Waals surface area contributed by atoms with Crippen LogP contribution in [0.3, 0.4) is 0 Å². The molecule has 3 aromatic rings. The van der Waals surface area contributed by atoms with Gasteiger partial charge in [0.2, 0.25) is 11.6 Å².